The smallest absolute Gasteiger partial charge is 0.123 e. The van der Waals surface area contributed by atoms with E-state index in [2.05, 4.69) is 12.6 Å². The van der Waals surface area contributed by atoms with Crippen molar-refractivity contribution in [2.45, 2.75) is 4.90 Å². The Balaban J connectivity index is 2.87. The molecule has 0 atom stereocenters. The molecule has 0 aliphatic rings. The third-order valence-electron chi connectivity index (χ3n) is 1.98. The normalized spacial score (nSPS) is 10.6. The number of rotatable bonds is 0. The molecule has 0 spiro atoms. The van der Waals surface area contributed by atoms with Crippen molar-refractivity contribution in [3.05, 3.63) is 36.1 Å². The number of fused-ring (bicyclic) bond motifs is 1. The lowest BCUT2D eigenvalue weighted by Gasteiger charge is -2.03. The lowest BCUT2D eigenvalue weighted by Crippen LogP contribution is -1.87. The van der Waals surface area contributed by atoms with Crippen molar-refractivity contribution in [3.63, 3.8) is 0 Å². The van der Waals surface area contributed by atoms with Gasteiger partial charge in [-0.25, -0.2) is 4.39 Å². The number of anilines is 1. The number of hydrogen-bond donors (Lipinski definition) is 2. The molecule has 0 unspecified atom stereocenters. The molecule has 3 heteroatoms. The van der Waals surface area contributed by atoms with Gasteiger partial charge in [-0.1, -0.05) is 12.1 Å². The minimum atomic E-state index is -0.245. The van der Waals surface area contributed by atoms with Crippen LogP contribution in [-0.4, -0.2) is 0 Å². The van der Waals surface area contributed by atoms with E-state index in [1.165, 1.54) is 12.1 Å². The number of thiol groups is 1. The predicted molar refractivity (Wildman–Crippen MR) is 55.6 cm³/mol. The number of nitrogen functional groups attached to an aromatic ring is 1. The highest BCUT2D eigenvalue weighted by Gasteiger charge is 2.01. The fourth-order valence-corrected chi connectivity index (χ4v) is 1.58. The van der Waals surface area contributed by atoms with Gasteiger partial charge in [-0.05, 0) is 29.0 Å². The highest BCUT2D eigenvalue weighted by Crippen LogP contribution is 2.27. The van der Waals surface area contributed by atoms with Gasteiger partial charge in [-0.15, -0.1) is 12.6 Å². The highest BCUT2D eigenvalue weighted by atomic mass is 32.1. The Morgan fingerprint density at radius 3 is 2.69 bits per heavy atom. The van der Waals surface area contributed by atoms with Crippen LogP contribution in [0.15, 0.2) is 35.2 Å². The van der Waals surface area contributed by atoms with E-state index < -0.39 is 0 Å². The Hall–Kier alpha value is -1.22. The first-order valence-electron chi connectivity index (χ1n) is 3.85. The number of benzene rings is 2. The lowest BCUT2D eigenvalue weighted by atomic mass is 10.1. The minimum Gasteiger partial charge on any atom is -0.398 e. The van der Waals surface area contributed by atoms with Gasteiger partial charge < -0.3 is 5.73 Å². The molecule has 0 aromatic heterocycles. The second-order valence-electron chi connectivity index (χ2n) is 2.87. The summed E-state index contributed by atoms with van der Waals surface area (Å²) in [5.41, 5.74) is 6.27. The van der Waals surface area contributed by atoms with Gasteiger partial charge in [0.2, 0.25) is 0 Å². The Bertz CT molecular complexity index is 468. The van der Waals surface area contributed by atoms with Crippen molar-refractivity contribution >= 4 is 29.1 Å². The monoisotopic (exact) mass is 193 g/mol. The van der Waals surface area contributed by atoms with Gasteiger partial charge in [0, 0.05) is 10.6 Å². The van der Waals surface area contributed by atoms with E-state index in [0.29, 0.717) is 10.6 Å². The van der Waals surface area contributed by atoms with Crippen LogP contribution in [0.3, 0.4) is 0 Å². The van der Waals surface area contributed by atoms with Crippen LogP contribution < -0.4 is 5.73 Å². The summed E-state index contributed by atoms with van der Waals surface area (Å²) in [5.74, 6) is -0.245. The molecule has 13 heavy (non-hydrogen) atoms. The molecular weight excluding hydrogens is 185 g/mol. The number of nitrogens with two attached hydrogens (primary N) is 1. The van der Waals surface area contributed by atoms with E-state index in [1.54, 1.807) is 18.2 Å². The lowest BCUT2D eigenvalue weighted by molar-refractivity contribution is 0.629. The predicted octanol–water partition coefficient (Wildman–Crippen LogP) is 2.85. The van der Waals surface area contributed by atoms with E-state index in [-0.39, 0.29) is 5.82 Å². The zero-order chi connectivity index (χ0) is 9.42. The van der Waals surface area contributed by atoms with Crippen LogP contribution in [0.1, 0.15) is 0 Å². The highest BCUT2D eigenvalue weighted by molar-refractivity contribution is 7.80. The SMILES string of the molecule is Nc1ccc2cc(F)ccc2c1S. The van der Waals surface area contributed by atoms with Crippen molar-refractivity contribution in [1.29, 1.82) is 0 Å². The molecule has 0 fully saturated rings. The summed E-state index contributed by atoms with van der Waals surface area (Å²) < 4.78 is 12.8. The zero-order valence-corrected chi connectivity index (χ0v) is 7.68. The molecule has 0 saturated heterocycles. The quantitative estimate of drug-likeness (QED) is 0.488. The Kier molecular flexibility index (Phi) is 1.88. The summed E-state index contributed by atoms with van der Waals surface area (Å²) in [6.07, 6.45) is 0. The van der Waals surface area contributed by atoms with Crippen LogP contribution in [0.25, 0.3) is 10.8 Å². The Morgan fingerprint density at radius 2 is 1.92 bits per heavy atom. The fourth-order valence-electron chi connectivity index (χ4n) is 1.30. The molecule has 0 saturated carbocycles. The topological polar surface area (TPSA) is 26.0 Å². The molecule has 66 valence electrons. The molecule has 0 radical (unpaired) electrons. The van der Waals surface area contributed by atoms with Crippen molar-refractivity contribution < 1.29 is 4.39 Å². The number of halogens is 1. The minimum absolute atomic E-state index is 0.245. The molecule has 0 bridgehead atoms. The molecule has 2 N–H and O–H groups in total. The molecule has 0 aliphatic heterocycles. The summed E-state index contributed by atoms with van der Waals surface area (Å²) in [5, 5.41) is 1.70. The summed E-state index contributed by atoms with van der Waals surface area (Å²) in [7, 11) is 0. The number of hydrogen-bond acceptors (Lipinski definition) is 2. The van der Waals surface area contributed by atoms with E-state index in [1.807, 2.05) is 0 Å². The second-order valence-corrected chi connectivity index (χ2v) is 3.32. The van der Waals surface area contributed by atoms with Crippen LogP contribution in [0.4, 0.5) is 10.1 Å². The summed E-state index contributed by atoms with van der Waals surface area (Å²) in [6, 6.07) is 8.07. The summed E-state index contributed by atoms with van der Waals surface area (Å²) in [4.78, 5) is 0.706. The standard InChI is InChI=1S/C10H8FNS/c11-7-2-3-8-6(5-7)1-4-9(12)10(8)13/h1-5,13H,12H2. The Morgan fingerprint density at radius 1 is 1.15 bits per heavy atom. The van der Waals surface area contributed by atoms with Gasteiger partial charge >= 0.3 is 0 Å². The van der Waals surface area contributed by atoms with Crippen LogP contribution in [-0.2, 0) is 0 Å². The van der Waals surface area contributed by atoms with Gasteiger partial charge in [0.1, 0.15) is 5.82 Å². The molecule has 2 aromatic carbocycles. The molecule has 0 amide bonds. The van der Waals surface area contributed by atoms with E-state index >= 15 is 0 Å². The first kappa shape index (κ1) is 8.38. The summed E-state index contributed by atoms with van der Waals surface area (Å²) >= 11 is 4.25. The second kappa shape index (κ2) is 2.92. The van der Waals surface area contributed by atoms with Crippen LogP contribution in [0, 0.1) is 5.82 Å². The van der Waals surface area contributed by atoms with Crippen LogP contribution >= 0.6 is 12.6 Å². The zero-order valence-electron chi connectivity index (χ0n) is 6.79. The fraction of sp³-hybridized carbons (Fsp3) is 0. The third-order valence-corrected chi connectivity index (χ3v) is 2.48. The third kappa shape index (κ3) is 1.35. The van der Waals surface area contributed by atoms with Gasteiger partial charge in [-0.2, -0.15) is 0 Å². The molecule has 0 aliphatic carbocycles. The van der Waals surface area contributed by atoms with E-state index in [0.717, 1.165) is 10.8 Å². The molecule has 1 nitrogen and oxygen atoms in total. The largest absolute Gasteiger partial charge is 0.398 e. The first-order valence-corrected chi connectivity index (χ1v) is 4.30. The molecule has 2 aromatic rings. The van der Waals surface area contributed by atoms with Gasteiger partial charge in [0.05, 0.1) is 0 Å². The van der Waals surface area contributed by atoms with Crippen molar-refractivity contribution in [3.8, 4) is 0 Å². The Labute approximate surface area is 80.8 Å². The van der Waals surface area contributed by atoms with Crippen LogP contribution in [0.2, 0.25) is 0 Å². The maximum atomic E-state index is 12.8. The van der Waals surface area contributed by atoms with Gasteiger partial charge in [0.15, 0.2) is 0 Å². The van der Waals surface area contributed by atoms with E-state index in [9.17, 15) is 4.39 Å². The maximum Gasteiger partial charge on any atom is 0.123 e. The molecule has 0 heterocycles. The first-order chi connectivity index (χ1) is 6.18. The van der Waals surface area contributed by atoms with Crippen LogP contribution in [0.5, 0.6) is 0 Å². The van der Waals surface area contributed by atoms with Gasteiger partial charge in [0.25, 0.3) is 0 Å². The van der Waals surface area contributed by atoms with E-state index in [4.69, 9.17) is 5.73 Å². The summed E-state index contributed by atoms with van der Waals surface area (Å²) in [6.45, 7) is 0. The van der Waals surface area contributed by atoms with Gasteiger partial charge in [-0.3, -0.25) is 0 Å². The molecular formula is C10H8FNS. The van der Waals surface area contributed by atoms with Crippen molar-refractivity contribution in [2.75, 3.05) is 5.73 Å². The van der Waals surface area contributed by atoms with Crippen molar-refractivity contribution in [2.24, 2.45) is 0 Å². The average molecular weight is 193 g/mol. The average Bonchev–Trinajstić information content (AvgIpc) is 2.12. The molecule has 2 rings (SSSR count). The van der Waals surface area contributed by atoms with Crippen molar-refractivity contribution in [1.82, 2.24) is 0 Å². The maximum absolute atomic E-state index is 12.8.